The predicted molar refractivity (Wildman–Crippen MR) is 102 cm³/mol. The maximum Gasteiger partial charge on any atom is 0.255 e. The number of rotatable bonds is 4. The van der Waals surface area contributed by atoms with E-state index in [9.17, 15) is 4.79 Å². The van der Waals surface area contributed by atoms with E-state index in [1.807, 2.05) is 61.5 Å². The Labute approximate surface area is 150 Å². The van der Waals surface area contributed by atoms with E-state index in [4.69, 9.17) is 17.3 Å². The third-order valence-corrected chi connectivity index (χ3v) is 4.95. The normalized spacial score (nSPS) is 10.6. The molecule has 1 amide bonds. The Morgan fingerprint density at radius 3 is 2.46 bits per heavy atom. The van der Waals surface area contributed by atoms with Crippen molar-refractivity contribution in [2.45, 2.75) is 13.5 Å². The molecule has 0 bridgehead atoms. The fraction of sp³-hybridized carbons (Fsp3) is 0.105. The molecule has 3 rings (SSSR count). The highest BCUT2D eigenvalue weighted by Crippen LogP contribution is 2.38. The van der Waals surface area contributed by atoms with Gasteiger partial charge in [-0.1, -0.05) is 54.1 Å². The van der Waals surface area contributed by atoms with Gasteiger partial charge in [0, 0.05) is 22.0 Å². The minimum atomic E-state index is -0.161. The Hall–Kier alpha value is -2.30. The first-order valence-corrected chi connectivity index (χ1v) is 8.72. The lowest BCUT2D eigenvalue weighted by Crippen LogP contribution is -2.23. The van der Waals surface area contributed by atoms with Crippen LogP contribution in [0.15, 0.2) is 54.6 Å². The lowest BCUT2D eigenvalue weighted by atomic mass is 10.0. The third kappa shape index (κ3) is 3.45. The van der Waals surface area contributed by atoms with Crippen LogP contribution in [0.3, 0.4) is 0 Å². The predicted octanol–water partition coefficient (Wildman–Crippen LogP) is 4.89. The molecular weight excluding hydrogens is 340 g/mol. The Bertz CT molecular complexity index is 857. The molecule has 0 aliphatic heterocycles. The van der Waals surface area contributed by atoms with Crippen LogP contribution in [0.2, 0.25) is 5.02 Å². The quantitative estimate of drug-likeness (QED) is 0.699. The average Bonchev–Trinajstić information content (AvgIpc) is 2.88. The Kier molecular flexibility index (Phi) is 4.88. The van der Waals surface area contributed by atoms with Crippen LogP contribution in [-0.4, -0.2) is 5.91 Å². The first-order chi connectivity index (χ1) is 11.6. The second kappa shape index (κ2) is 7.07. The number of nitrogens with two attached hydrogens (primary N) is 1. The highest BCUT2D eigenvalue weighted by Gasteiger charge is 2.21. The molecule has 0 aliphatic rings. The number of carbonyl (C=O) groups is 1. The van der Waals surface area contributed by atoms with Crippen LogP contribution in [0.5, 0.6) is 0 Å². The molecular formula is C19H17ClN2OS. The number of halogens is 1. The molecule has 0 radical (unpaired) electrons. The summed E-state index contributed by atoms with van der Waals surface area (Å²) in [5.41, 5.74) is 9.51. The van der Waals surface area contributed by atoms with Gasteiger partial charge >= 0.3 is 0 Å². The van der Waals surface area contributed by atoms with Gasteiger partial charge in [0.25, 0.3) is 5.91 Å². The highest BCUT2D eigenvalue weighted by molar-refractivity contribution is 7.16. The van der Waals surface area contributed by atoms with Crippen LogP contribution in [0, 0.1) is 6.92 Å². The number of aryl methyl sites for hydroxylation is 1. The van der Waals surface area contributed by atoms with E-state index in [2.05, 4.69) is 5.32 Å². The Balaban J connectivity index is 1.90. The Morgan fingerprint density at radius 2 is 1.79 bits per heavy atom. The summed E-state index contributed by atoms with van der Waals surface area (Å²) < 4.78 is 0. The smallest absolute Gasteiger partial charge is 0.255 e. The third-order valence-electron chi connectivity index (χ3n) is 3.77. The number of nitrogen functional groups attached to an aromatic ring is 1. The van der Waals surface area contributed by atoms with E-state index in [1.54, 1.807) is 0 Å². The zero-order valence-electron chi connectivity index (χ0n) is 13.2. The summed E-state index contributed by atoms with van der Waals surface area (Å²) in [6.45, 7) is 2.44. The number of amides is 1. The van der Waals surface area contributed by atoms with Crippen LogP contribution in [0.4, 0.5) is 5.00 Å². The van der Waals surface area contributed by atoms with Gasteiger partial charge in [0.15, 0.2) is 0 Å². The standard InChI is InChI=1S/C19H17ClN2OS/c1-12-16(14-7-9-15(20)10-8-14)17(18(21)24-12)19(23)22-11-13-5-3-2-4-6-13/h2-10H,11,21H2,1H3,(H,22,23). The molecule has 1 heterocycles. The van der Waals surface area contributed by atoms with Gasteiger partial charge in [-0.3, -0.25) is 4.79 Å². The molecule has 24 heavy (non-hydrogen) atoms. The number of hydrogen-bond donors (Lipinski definition) is 2. The van der Waals surface area contributed by atoms with E-state index >= 15 is 0 Å². The molecule has 122 valence electrons. The summed E-state index contributed by atoms with van der Waals surface area (Å²) in [7, 11) is 0. The maximum atomic E-state index is 12.7. The van der Waals surface area contributed by atoms with E-state index < -0.39 is 0 Å². The molecule has 3 nitrogen and oxygen atoms in total. The van der Waals surface area contributed by atoms with Gasteiger partial charge in [0.1, 0.15) is 0 Å². The number of carbonyl (C=O) groups excluding carboxylic acids is 1. The highest BCUT2D eigenvalue weighted by atomic mass is 35.5. The molecule has 5 heteroatoms. The van der Waals surface area contributed by atoms with Gasteiger partial charge in [-0.2, -0.15) is 0 Å². The maximum absolute atomic E-state index is 12.7. The molecule has 0 fully saturated rings. The summed E-state index contributed by atoms with van der Waals surface area (Å²) in [6.07, 6.45) is 0. The number of nitrogens with one attached hydrogen (secondary N) is 1. The summed E-state index contributed by atoms with van der Waals surface area (Å²) in [5, 5.41) is 4.14. The van der Waals surface area contributed by atoms with E-state index in [-0.39, 0.29) is 5.91 Å². The zero-order valence-corrected chi connectivity index (χ0v) is 14.7. The van der Waals surface area contributed by atoms with E-state index in [1.165, 1.54) is 11.3 Å². The lowest BCUT2D eigenvalue weighted by Gasteiger charge is -2.09. The number of thiophene rings is 1. The van der Waals surface area contributed by atoms with Crippen molar-refractivity contribution in [3.63, 3.8) is 0 Å². The van der Waals surface area contributed by atoms with Crippen LogP contribution >= 0.6 is 22.9 Å². The SMILES string of the molecule is Cc1sc(N)c(C(=O)NCc2ccccc2)c1-c1ccc(Cl)cc1. The molecule has 2 aromatic carbocycles. The number of hydrogen-bond acceptors (Lipinski definition) is 3. The first-order valence-electron chi connectivity index (χ1n) is 7.53. The summed E-state index contributed by atoms with van der Waals surface area (Å²) in [6, 6.07) is 17.2. The van der Waals surface area contributed by atoms with E-state index in [0.717, 1.165) is 21.6 Å². The van der Waals surface area contributed by atoms with Gasteiger partial charge in [0.2, 0.25) is 0 Å². The first kappa shape index (κ1) is 16.6. The minimum Gasteiger partial charge on any atom is -0.390 e. The summed E-state index contributed by atoms with van der Waals surface area (Å²) in [4.78, 5) is 13.7. The van der Waals surface area contributed by atoms with Crippen LogP contribution < -0.4 is 11.1 Å². The van der Waals surface area contributed by atoms with Crippen molar-refractivity contribution in [2.24, 2.45) is 0 Å². The monoisotopic (exact) mass is 356 g/mol. The van der Waals surface area contributed by atoms with Crippen molar-refractivity contribution in [2.75, 3.05) is 5.73 Å². The Morgan fingerprint density at radius 1 is 1.12 bits per heavy atom. The fourth-order valence-corrected chi connectivity index (χ4v) is 3.70. The molecule has 0 aliphatic carbocycles. The van der Waals surface area contributed by atoms with Gasteiger partial charge in [0.05, 0.1) is 10.6 Å². The molecule has 0 saturated heterocycles. The second-order valence-electron chi connectivity index (χ2n) is 5.45. The van der Waals surface area contributed by atoms with Crippen molar-refractivity contribution in [3.8, 4) is 11.1 Å². The molecule has 0 unspecified atom stereocenters. The molecule has 0 spiro atoms. The molecule has 0 atom stereocenters. The summed E-state index contributed by atoms with van der Waals surface area (Å²) in [5.74, 6) is -0.161. The van der Waals surface area contributed by atoms with Gasteiger partial charge < -0.3 is 11.1 Å². The fourth-order valence-electron chi connectivity index (χ4n) is 2.62. The van der Waals surface area contributed by atoms with E-state index in [0.29, 0.717) is 22.1 Å². The van der Waals surface area contributed by atoms with Crippen LogP contribution in [-0.2, 0) is 6.54 Å². The van der Waals surface area contributed by atoms with Crippen LogP contribution in [0.1, 0.15) is 20.8 Å². The lowest BCUT2D eigenvalue weighted by molar-refractivity contribution is 0.0953. The zero-order chi connectivity index (χ0) is 17.1. The van der Waals surface area contributed by atoms with Crippen molar-refractivity contribution in [1.82, 2.24) is 5.32 Å². The summed E-state index contributed by atoms with van der Waals surface area (Å²) >= 11 is 7.39. The van der Waals surface area contributed by atoms with Crippen molar-refractivity contribution >= 4 is 33.8 Å². The molecule has 3 aromatic rings. The second-order valence-corrected chi connectivity index (χ2v) is 7.14. The number of benzene rings is 2. The largest absolute Gasteiger partial charge is 0.390 e. The van der Waals surface area contributed by atoms with Crippen molar-refractivity contribution in [3.05, 3.63) is 75.6 Å². The molecule has 0 saturated carbocycles. The van der Waals surface area contributed by atoms with Gasteiger partial charge in [-0.25, -0.2) is 0 Å². The molecule has 1 aromatic heterocycles. The topological polar surface area (TPSA) is 55.1 Å². The van der Waals surface area contributed by atoms with Gasteiger partial charge in [-0.15, -0.1) is 11.3 Å². The van der Waals surface area contributed by atoms with Crippen molar-refractivity contribution in [1.29, 1.82) is 0 Å². The van der Waals surface area contributed by atoms with Gasteiger partial charge in [-0.05, 0) is 30.2 Å². The van der Waals surface area contributed by atoms with Crippen LogP contribution in [0.25, 0.3) is 11.1 Å². The number of anilines is 1. The average molecular weight is 357 g/mol. The van der Waals surface area contributed by atoms with Crippen molar-refractivity contribution < 1.29 is 4.79 Å². The minimum absolute atomic E-state index is 0.161. The molecule has 3 N–H and O–H groups in total.